The van der Waals surface area contributed by atoms with Crippen LogP contribution in [0.25, 0.3) is 0 Å². The van der Waals surface area contributed by atoms with E-state index in [-0.39, 0.29) is 27.2 Å². The van der Waals surface area contributed by atoms with Crippen molar-refractivity contribution in [2.75, 3.05) is 0 Å². The topological polar surface area (TPSA) is 89.5 Å². The van der Waals surface area contributed by atoms with Gasteiger partial charge in [-0.1, -0.05) is 29.3 Å². The quantitative estimate of drug-likeness (QED) is 0.541. The molecule has 34 heavy (non-hydrogen) atoms. The van der Waals surface area contributed by atoms with Gasteiger partial charge in [0.1, 0.15) is 4.90 Å². The first-order valence-corrected chi connectivity index (χ1v) is 13.2. The first-order chi connectivity index (χ1) is 16.2. The molecular weight excluding hydrogens is 497 g/mol. The second-order valence-corrected chi connectivity index (χ2v) is 11.0. The zero-order valence-corrected chi connectivity index (χ0v) is 20.4. The Kier molecular flexibility index (Phi) is 6.04. The fourth-order valence-electron chi connectivity index (χ4n) is 4.85. The van der Waals surface area contributed by atoms with Gasteiger partial charge in [0.25, 0.3) is 0 Å². The van der Waals surface area contributed by atoms with Gasteiger partial charge in [-0.3, -0.25) is 9.59 Å². The molecule has 3 aliphatic rings. The van der Waals surface area contributed by atoms with Crippen LogP contribution in [0.2, 0.25) is 10.0 Å². The van der Waals surface area contributed by atoms with Gasteiger partial charge < -0.3 is 9.50 Å². The summed E-state index contributed by atoms with van der Waals surface area (Å²) < 4.78 is 30.6. The van der Waals surface area contributed by atoms with Gasteiger partial charge in [-0.2, -0.15) is 8.42 Å². The van der Waals surface area contributed by atoms with Crippen LogP contribution in [-0.2, 0) is 19.7 Å². The summed E-state index contributed by atoms with van der Waals surface area (Å²) in [5.41, 5.74) is 3.62. The zero-order valence-electron chi connectivity index (χ0n) is 18.1. The van der Waals surface area contributed by atoms with E-state index in [2.05, 4.69) is 5.32 Å². The fourth-order valence-corrected chi connectivity index (χ4v) is 6.20. The number of Topliss-reactive ketones (excluding diaryl/α,β-unsaturated/α-hetero) is 2. The standard InChI is InChI=1S/C25H21Cl2NO5S/c26-15-8-10-16(11-9-15)34(31,32)33-22-12-7-14(13-17(22)27)23-24-18(3-1-5-20(24)29)28-19-4-2-6-21(30)25(19)23/h7-13,23,28H,1-6H2. The Morgan fingerprint density at radius 2 is 1.41 bits per heavy atom. The monoisotopic (exact) mass is 517 g/mol. The molecule has 2 aliphatic carbocycles. The highest BCUT2D eigenvalue weighted by molar-refractivity contribution is 7.87. The maximum Gasteiger partial charge on any atom is 0.339 e. The SMILES string of the molecule is O=C1CCCC2=C1C(c1ccc(OS(=O)(=O)c3ccc(Cl)cc3)c(Cl)c1)C1=C(CCCC1=O)N2. The van der Waals surface area contributed by atoms with Crippen LogP contribution in [0.1, 0.15) is 50.0 Å². The third kappa shape index (κ3) is 4.17. The predicted molar refractivity (Wildman–Crippen MR) is 128 cm³/mol. The Bertz CT molecular complexity index is 1330. The van der Waals surface area contributed by atoms with Crippen molar-refractivity contribution < 1.29 is 22.2 Å². The lowest BCUT2D eigenvalue weighted by Gasteiger charge is -2.37. The maximum atomic E-state index is 12.9. The van der Waals surface area contributed by atoms with Crippen LogP contribution in [0.3, 0.4) is 0 Å². The van der Waals surface area contributed by atoms with Gasteiger partial charge in [-0.05, 0) is 67.6 Å². The second kappa shape index (κ2) is 8.87. The number of carbonyl (C=O) groups is 2. The number of hydrogen-bond acceptors (Lipinski definition) is 6. The Morgan fingerprint density at radius 3 is 1.97 bits per heavy atom. The maximum absolute atomic E-state index is 12.9. The molecule has 0 saturated heterocycles. The molecule has 0 saturated carbocycles. The molecule has 9 heteroatoms. The van der Waals surface area contributed by atoms with E-state index in [0.717, 1.165) is 37.1 Å². The summed E-state index contributed by atoms with van der Waals surface area (Å²) in [5, 5.41) is 3.84. The van der Waals surface area contributed by atoms with E-state index < -0.39 is 16.0 Å². The molecular formula is C25H21Cl2NO5S. The molecule has 2 aromatic carbocycles. The number of hydrogen-bond donors (Lipinski definition) is 1. The van der Waals surface area contributed by atoms with E-state index in [9.17, 15) is 18.0 Å². The van der Waals surface area contributed by atoms with Crippen molar-refractivity contribution in [1.29, 1.82) is 0 Å². The van der Waals surface area contributed by atoms with Crippen molar-refractivity contribution in [3.63, 3.8) is 0 Å². The van der Waals surface area contributed by atoms with Crippen LogP contribution in [-0.4, -0.2) is 20.0 Å². The summed E-state index contributed by atoms with van der Waals surface area (Å²) >= 11 is 12.3. The van der Waals surface area contributed by atoms with Crippen LogP contribution in [0.15, 0.2) is 69.9 Å². The number of nitrogens with one attached hydrogen (secondary N) is 1. The number of carbonyl (C=O) groups excluding carboxylic acids is 2. The van der Waals surface area contributed by atoms with Crippen molar-refractivity contribution >= 4 is 44.9 Å². The highest BCUT2D eigenvalue weighted by Gasteiger charge is 2.40. The number of halogens is 2. The van der Waals surface area contributed by atoms with Gasteiger partial charge in [-0.15, -0.1) is 0 Å². The van der Waals surface area contributed by atoms with Crippen LogP contribution in [0.5, 0.6) is 5.75 Å². The smallest absolute Gasteiger partial charge is 0.339 e. The van der Waals surface area contributed by atoms with Crippen LogP contribution in [0, 0.1) is 0 Å². The van der Waals surface area contributed by atoms with E-state index in [0.29, 0.717) is 34.6 Å². The highest BCUT2D eigenvalue weighted by Crippen LogP contribution is 2.46. The van der Waals surface area contributed by atoms with Crippen LogP contribution >= 0.6 is 23.2 Å². The Morgan fingerprint density at radius 1 is 0.824 bits per heavy atom. The molecule has 0 radical (unpaired) electrons. The molecule has 1 heterocycles. The fraction of sp³-hybridized carbons (Fsp3) is 0.280. The largest absolute Gasteiger partial charge is 0.377 e. The third-order valence-electron chi connectivity index (χ3n) is 6.38. The summed E-state index contributed by atoms with van der Waals surface area (Å²) in [4.78, 5) is 25.8. The highest BCUT2D eigenvalue weighted by atomic mass is 35.5. The minimum atomic E-state index is -4.13. The number of allylic oxidation sites excluding steroid dienone is 4. The van der Waals surface area contributed by atoms with Crippen molar-refractivity contribution in [3.8, 4) is 5.75 Å². The molecule has 2 aromatic rings. The van der Waals surface area contributed by atoms with Crippen LogP contribution in [0.4, 0.5) is 0 Å². The summed E-state index contributed by atoms with van der Waals surface area (Å²) in [7, 11) is -4.13. The average molecular weight is 518 g/mol. The summed E-state index contributed by atoms with van der Waals surface area (Å²) in [6.07, 6.45) is 3.89. The number of ketones is 2. The first-order valence-electron chi connectivity index (χ1n) is 11.0. The van der Waals surface area contributed by atoms with Gasteiger partial charge >= 0.3 is 10.1 Å². The van der Waals surface area contributed by atoms with Crippen molar-refractivity contribution in [2.45, 2.75) is 49.3 Å². The summed E-state index contributed by atoms with van der Waals surface area (Å²) in [6, 6.07) is 10.3. The average Bonchev–Trinajstić information content (AvgIpc) is 2.80. The molecule has 0 amide bonds. The summed E-state index contributed by atoms with van der Waals surface area (Å²) in [5.74, 6) is -0.523. The lowest BCUT2D eigenvalue weighted by atomic mass is 9.71. The lowest BCUT2D eigenvalue weighted by molar-refractivity contribution is -0.117. The molecule has 6 nitrogen and oxygen atoms in total. The Balaban J connectivity index is 1.53. The molecule has 0 fully saturated rings. The molecule has 0 atom stereocenters. The van der Waals surface area contributed by atoms with E-state index in [1.165, 1.54) is 30.3 Å². The minimum Gasteiger partial charge on any atom is -0.377 e. The normalized spacial score (nSPS) is 19.0. The van der Waals surface area contributed by atoms with Gasteiger partial charge in [0.05, 0.1) is 5.02 Å². The minimum absolute atomic E-state index is 0.0189. The van der Waals surface area contributed by atoms with Crippen molar-refractivity contribution in [1.82, 2.24) is 5.32 Å². The molecule has 0 spiro atoms. The second-order valence-electron chi connectivity index (χ2n) is 8.58. The van der Waals surface area contributed by atoms with E-state index in [1.54, 1.807) is 12.1 Å². The Labute approximate surface area is 207 Å². The molecule has 1 aliphatic heterocycles. The number of rotatable bonds is 4. The molecule has 0 bridgehead atoms. The molecule has 176 valence electrons. The Hall–Kier alpha value is -2.61. The third-order valence-corrected chi connectivity index (χ3v) is 8.18. The molecule has 0 unspecified atom stereocenters. The van der Waals surface area contributed by atoms with E-state index >= 15 is 0 Å². The van der Waals surface area contributed by atoms with Gasteiger partial charge in [-0.25, -0.2) is 0 Å². The van der Waals surface area contributed by atoms with Gasteiger partial charge in [0.15, 0.2) is 17.3 Å². The van der Waals surface area contributed by atoms with E-state index in [1.807, 2.05) is 0 Å². The van der Waals surface area contributed by atoms with E-state index in [4.69, 9.17) is 27.4 Å². The molecule has 5 rings (SSSR count). The van der Waals surface area contributed by atoms with Crippen molar-refractivity contribution in [2.24, 2.45) is 0 Å². The van der Waals surface area contributed by atoms with Gasteiger partial charge in [0, 0.05) is 46.3 Å². The number of benzene rings is 2. The predicted octanol–water partition coefficient (Wildman–Crippen LogP) is 5.46. The zero-order chi connectivity index (χ0) is 24.0. The van der Waals surface area contributed by atoms with Crippen LogP contribution < -0.4 is 9.50 Å². The summed E-state index contributed by atoms with van der Waals surface area (Å²) in [6.45, 7) is 0. The number of dihydropyridines is 1. The lowest BCUT2D eigenvalue weighted by Crippen LogP contribution is -2.36. The molecule has 0 aromatic heterocycles. The molecule has 1 N–H and O–H groups in total. The first kappa shape index (κ1) is 23.1. The van der Waals surface area contributed by atoms with Gasteiger partial charge in [0.2, 0.25) is 0 Å². The van der Waals surface area contributed by atoms with Crippen molar-refractivity contribution in [3.05, 3.63) is 80.6 Å².